The second-order valence-corrected chi connectivity index (χ2v) is 5.27. The average Bonchev–Trinajstić information content (AvgIpc) is 2.89. The first-order chi connectivity index (χ1) is 9.94. The zero-order valence-electron chi connectivity index (χ0n) is 11.9. The third kappa shape index (κ3) is 3.20. The number of rotatable bonds is 5. The minimum atomic E-state index is -4.45. The van der Waals surface area contributed by atoms with Crippen LogP contribution in [0.1, 0.15) is 49.8 Å². The van der Waals surface area contributed by atoms with Crippen molar-refractivity contribution < 1.29 is 17.9 Å². The Bertz CT molecular complexity index is 473. The fourth-order valence-electron chi connectivity index (χ4n) is 3.20. The van der Waals surface area contributed by atoms with Gasteiger partial charge in [-0.1, -0.05) is 12.8 Å². The van der Waals surface area contributed by atoms with E-state index in [1.807, 2.05) is 6.92 Å². The summed E-state index contributed by atoms with van der Waals surface area (Å²) >= 11 is 0. The van der Waals surface area contributed by atoms with Gasteiger partial charge in [-0.05, 0) is 25.8 Å². The highest BCUT2D eigenvalue weighted by molar-refractivity contribution is 5.32. The summed E-state index contributed by atoms with van der Waals surface area (Å²) in [5.74, 6) is 5.59. The van der Waals surface area contributed by atoms with E-state index in [1.54, 1.807) is 0 Å². The topological polar surface area (TPSA) is 60.2 Å². The number of pyridine rings is 1. The second-order valence-electron chi connectivity index (χ2n) is 5.27. The molecule has 4 nitrogen and oxygen atoms in total. The zero-order chi connectivity index (χ0) is 15.5. The molecule has 21 heavy (non-hydrogen) atoms. The lowest BCUT2D eigenvalue weighted by Crippen LogP contribution is -2.47. The third-order valence-electron chi connectivity index (χ3n) is 4.04. The number of nitrogens with zero attached hydrogens (tertiary/aromatic N) is 1. The van der Waals surface area contributed by atoms with Crippen molar-refractivity contribution in [2.45, 2.75) is 50.4 Å². The van der Waals surface area contributed by atoms with Gasteiger partial charge in [0.25, 0.3) is 0 Å². The number of nitrogens with two attached hydrogens (primary N) is 1. The molecule has 1 unspecified atom stereocenters. The van der Waals surface area contributed by atoms with E-state index < -0.39 is 23.4 Å². The first-order valence-corrected chi connectivity index (χ1v) is 7.06. The van der Waals surface area contributed by atoms with Gasteiger partial charge in [0.15, 0.2) is 0 Å². The van der Waals surface area contributed by atoms with Gasteiger partial charge in [-0.25, -0.2) is 5.43 Å². The van der Waals surface area contributed by atoms with Crippen LogP contribution < -0.4 is 11.3 Å². The maximum absolute atomic E-state index is 13.2. The fraction of sp³-hybridized carbons (Fsp3) is 0.643. The summed E-state index contributed by atoms with van der Waals surface area (Å²) in [5, 5.41) is 0. The highest BCUT2D eigenvalue weighted by Gasteiger charge is 2.46. The van der Waals surface area contributed by atoms with E-state index in [0.29, 0.717) is 19.4 Å². The Morgan fingerprint density at radius 1 is 1.43 bits per heavy atom. The maximum atomic E-state index is 13.2. The number of halogens is 3. The van der Waals surface area contributed by atoms with Gasteiger partial charge in [0.05, 0.1) is 17.2 Å². The Balaban J connectivity index is 2.46. The molecule has 1 atom stereocenters. The Morgan fingerprint density at radius 2 is 2.10 bits per heavy atom. The summed E-state index contributed by atoms with van der Waals surface area (Å²) in [6.07, 6.45) is 1.12. The van der Waals surface area contributed by atoms with Crippen molar-refractivity contribution in [2.24, 2.45) is 5.84 Å². The van der Waals surface area contributed by atoms with Gasteiger partial charge in [0.1, 0.15) is 0 Å². The van der Waals surface area contributed by atoms with Crippen LogP contribution in [0.5, 0.6) is 0 Å². The minimum absolute atomic E-state index is 0.0443. The molecule has 1 aliphatic carbocycles. The molecule has 1 aliphatic rings. The molecule has 0 spiro atoms. The molecular formula is C14H20F3N3O. The molecule has 0 radical (unpaired) electrons. The van der Waals surface area contributed by atoms with E-state index in [0.717, 1.165) is 25.1 Å². The second kappa shape index (κ2) is 6.29. The van der Waals surface area contributed by atoms with Crippen LogP contribution in [0, 0.1) is 0 Å². The quantitative estimate of drug-likeness (QED) is 0.648. The summed E-state index contributed by atoms with van der Waals surface area (Å²) in [7, 11) is 0. The average molecular weight is 303 g/mol. The van der Waals surface area contributed by atoms with E-state index in [2.05, 4.69) is 10.4 Å². The molecule has 1 aromatic rings. The van der Waals surface area contributed by atoms with Crippen molar-refractivity contribution in [2.75, 3.05) is 6.61 Å². The first-order valence-electron chi connectivity index (χ1n) is 7.06. The molecule has 1 saturated carbocycles. The normalized spacial score (nSPS) is 19.7. The van der Waals surface area contributed by atoms with E-state index in [4.69, 9.17) is 10.6 Å². The first kappa shape index (κ1) is 16.2. The third-order valence-corrected chi connectivity index (χ3v) is 4.04. The van der Waals surface area contributed by atoms with Gasteiger partial charge in [-0.2, -0.15) is 13.2 Å². The summed E-state index contributed by atoms with van der Waals surface area (Å²) in [5.41, 5.74) is 1.16. The summed E-state index contributed by atoms with van der Waals surface area (Å²) < 4.78 is 45.4. The van der Waals surface area contributed by atoms with Crippen molar-refractivity contribution in [3.8, 4) is 0 Å². The molecule has 0 aliphatic heterocycles. The fourth-order valence-corrected chi connectivity index (χ4v) is 3.20. The van der Waals surface area contributed by atoms with Crippen molar-refractivity contribution in [1.82, 2.24) is 10.4 Å². The van der Waals surface area contributed by atoms with Crippen LogP contribution in [-0.2, 0) is 10.9 Å². The number of nitrogens with one attached hydrogen (secondary N) is 1. The molecule has 0 amide bonds. The number of hydrogen-bond acceptors (Lipinski definition) is 4. The molecule has 0 aromatic carbocycles. The summed E-state index contributed by atoms with van der Waals surface area (Å²) in [6.45, 7) is 2.27. The Kier molecular flexibility index (Phi) is 4.85. The van der Waals surface area contributed by atoms with Gasteiger partial charge in [-0.15, -0.1) is 0 Å². The van der Waals surface area contributed by atoms with Gasteiger partial charge >= 0.3 is 6.18 Å². The molecule has 7 heteroatoms. The van der Waals surface area contributed by atoms with E-state index in [9.17, 15) is 13.2 Å². The lowest BCUT2D eigenvalue weighted by Gasteiger charge is -2.38. The number of hydrogen-bond donors (Lipinski definition) is 2. The van der Waals surface area contributed by atoms with Crippen LogP contribution in [0.2, 0.25) is 0 Å². The highest BCUT2D eigenvalue weighted by atomic mass is 19.4. The number of hydrazine groups is 1. The van der Waals surface area contributed by atoms with Crippen LogP contribution >= 0.6 is 0 Å². The van der Waals surface area contributed by atoms with E-state index in [-0.39, 0.29) is 5.56 Å². The molecule has 1 aromatic heterocycles. The minimum Gasteiger partial charge on any atom is -0.373 e. The Labute approximate surface area is 121 Å². The highest BCUT2D eigenvalue weighted by Crippen LogP contribution is 2.45. The van der Waals surface area contributed by atoms with Crippen LogP contribution in [0.15, 0.2) is 18.5 Å². The van der Waals surface area contributed by atoms with Crippen LogP contribution in [0.4, 0.5) is 13.2 Å². The molecule has 118 valence electrons. The lowest BCUT2D eigenvalue weighted by atomic mass is 9.85. The number of alkyl halides is 3. The van der Waals surface area contributed by atoms with Crippen molar-refractivity contribution in [3.05, 3.63) is 29.6 Å². The van der Waals surface area contributed by atoms with Gasteiger partial charge in [0, 0.05) is 24.6 Å². The molecular weight excluding hydrogens is 283 g/mol. The van der Waals surface area contributed by atoms with Gasteiger partial charge in [0.2, 0.25) is 0 Å². The Morgan fingerprint density at radius 3 is 2.62 bits per heavy atom. The van der Waals surface area contributed by atoms with Crippen molar-refractivity contribution >= 4 is 0 Å². The maximum Gasteiger partial charge on any atom is 0.416 e. The van der Waals surface area contributed by atoms with Gasteiger partial charge in [-0.3, -0.25) is 10.8 Å². The monoisotopic (exact) mass is 303 g/mol. The van der Waals surface area contributed by atoms with Crippen LogP contribution in [0.25, 0.3) is 0 Å². The van der Waals surface area contributed by atoms with Crippen LogP contribution in [-0.4, -0.2) is 17.2 Å². The van der Waals surface area contributed by atoms with Crippen LogP contribution in [0.3, 0.4) is 0 Å². The molecule has 0 saturated heterocycles. The predicted octanol–water partition coefficient (Wildman–Crippen LogP) is 2.95. The summed E-state index contributed by atoms with van der Waals surface area (Å²) in [6, 6.07) is 0.249. The summed E-state index contributed by atoms with van der Waals surface area (Å²) in [4.78, 5) is 3.84. The van der Waals surface area contributed by atoms with E-state index in [1.165, 1.54) is 6.20 Å². The molecule has 1 heterocycles. The molecule has 3 N–H and O–H groups in total. The smallest absolute Gasteiger partial charge is 0.373 e. The zero-order valence-corrected chi connectivity index (χ0v) is 11.9. The standard InChI is InChI=1S/C14H20F3N3O/c1-2-21-13(6-3-4-7-13)12(20-18)10-9-19-8-5-11(10)14(15,16)17/h5,8-9,12,20H,2-4,6-7,18H2,1H3. The molecule has 2 rings (SSSR count). The van der Waals surface area contributed by atoms with Crippen molar-refractivity contribution in [1.29, 1.82) is 0 Å². The number of aromatic nitrogens is 1. The lowest BCUT2D eigenvalue weighted by molar-refractivity contribution is -0.139. The molecule has 1 fully saturated rings. The SMILES string of the molecule is CCOC1(C(NN)c2cnccc2C(F)(F)F)CCCC1. The largest absolute Gasteiger partial charge is 0.416 e. The Hall–Kier alpha value is -1.18. The van der Waals surface area contributed by atoms with Crippen molar-refractivity contribution in [3.63, 3.8) is 0 Å². The predicted molar refractivity (Wildman–Crippen MR) is 72.1 cm³/mol. The number of ether oxygens (including phenoxy) is 1. The van der Waals surface area contributed by atoms with E-state index >= 15 is 0 Å². The molecule has 0 bridgehead atoms. The van der Waals surface area contributed by atoms with Gasteiger partial charge < -0.3 is 4.74 Å².